The Morgan fingerprint density at radius 3 is 2.42 bits per heavy atom. The molecule has 0 aliphatic heterocycles. The number of pyridine rings is 1. The fraction of sp³-hybridized carbons (Fsp3) is 0.312. The van der Waals surface area contributed by atoms with E-state index in [4.69, 9.17) is 4.74 Å². The number of hydrogen-bond donors (Lipinski definition) is 1. The standard InChI is InChI=1S/C16H15F4NO4S/c1-9-12(6-21-15(22)14(9)17)11-5-10(7-26(2,23)24)3-4-13(11)25-8-16(18,19)20/h3-6H,7-8H2,1-2H3,(H,21,22). The van der Waals surface area contributed by atoms with E-state index in [9.17, 15) is 30.8 Å². The number of halogens is 4. The number of alkyl halides is 3. The van der Waals surface area contributed by atoms with Crippen molar-refractivity contribution < 1.29 is 30.7 Å². The molecule has 0 aliphatic rings. The largest absolute Gasteiger partial charge is 0.483 e. The SMILES string of the molecule is Cc1c(-c2cc(CS(C)(=O)=O)ccc2OCC(F)(F)F)c[nH]c(=O)c1F. The molecule has 10 heteroatoms. The minimum atomic E-state index is -4.59. The minimum Gasteiger partial charge on any atom is -0.483 e. The second kappa shape index (κ2) is 7.10. The fourth-order valence-electron chi connectivity index (χ4n) is 2.34. The summed E-state index contributed by atoms with van der Waals surface area (Å²) < 4.78 is 79.0. The molecule has 0 spiro atoms. The molecule has 1 N–H and O–H groups in total. The number of nitrogens with one attached hydrogen (secondary N) is 1. The molecule has 26 heavy (non-hydrogen) atoms. The second-order valence-electron chi connectivity index (χ2n) is 5.77. The number of sulfone groups is 1. The highest BCUT2D eigenvalue weighted by atomic mass is 32.2. The van der Waals surface area contributed by atoms with Gasteiger partial charge >= 0.3 is 6.18 Å². The molecule has 0 fully saturated rings. The zero-order valence-electron chi connectivity index (χ0n) is 13.8. The Morgan fingerprint density at radius 1 is 1.19 bits per heavy atom. The number of benzene rings is 1. The molecule has 0 saturated heterocycles. The second-order valence-corrected chi connectivity index (χ2v) is 7.92. The van der Waals surface area contributed by atoms with Crippen LogP contribution in [0.3, 0.4) is 0 Å². The molecule has 0 aliphatic carbocycles. The van der Waals surface area contributed by atoms with Crippen LogP contribution in [0.25, 0.3) is 11.1 Å². The third-order valence-electron chi connectivity index (χ3n) is 3.43. The van der Waals surface area contributed by atoms with Crippen molar-refractivity contribution in [3.05, 3.63) is 51.7 Å². The highest BCUT2D eigenvalue weighted by molar-refractivity contribution is 7.89. The summed E-state index contributed by atoms with van der Waals surface area (Å²) in [5.41, 5.74) is -0.649. The maximum atomic E-state index is 13.9. The Kier molecular flexibility index (Phi) is 5.45. The van der Waals surface area contributed by atoms with Crippen LogP contribution in [-0.4, -0.2) is 32.4 Å². The summed E-state index contributed by atoms with van der Waals surface area (Å²) >= 11 is 0. The third-order valence-corrected chi connectivity index (χ3v) is 4.29. The zero-order chi connectivity index (χ0) is 19.7. The average molecular weight is 393 g/mol. The van der Waals surface area contributed by atoms with Gasteiger partial charge in [0.05, 0.1) is 5.75 Å². The van der Waals surface area contributed by atoms with E-state index < -0.39 is 34.0 Å². The molecule has 0 amide bonds. The maximum absolute atomic E-state index is 13.9. The molecule has 0 saturated carbocycles. The topological polar surface area (TPSA) is 76.2 Å². The van der Waals surface area contributed by atoms with Gasteiger partial charge in [-0.1, -0.05) is 6.07 Å². The van der Waals surface area contributed by atoms with Crippen molar-refractivity contribution >= 4 is 9.84 Å². The van der Waals surface area contributed by atoms with Crippen LogP contribution in [0.5, 0.6) is 5.75 Å². The van der Waals surface area contributed by atoms with Crippen molar-refractivity contribution in [3.63, 3.8) is 0 Å². The summed E-state index contributed by atoms with van der Waals surface area (Å²) in [6, 6.07) is 3.80. The smallest absolute Gasteiger partial charge is 0.422 e. The van der Waals surface area contributed by atoms with Gasteiger partial charge < -0.3 is 9.72 Å². The number of aromatic nitrogens is 1. The highest BCUT2D eigenvalue weighted by Gasteiger charge is 2.29. The van der Waals surface area contributed by atoms with Crippen LogP contribution in [0.2, 0.25) is 0 Å². The van der Waals surface area contributed by atoms with Crippen LogP contribution in [0.1, 0.15) is 11.1 Å². The molecule has 142 valence electrons. The van der Waals surface area contributed by atoms with Gasteiger partial charge in [-0.25, -0.2) is 12.8 Å². The minimum absolute atomic E-state index is 0.0445. The first-order valence-corrected chi connectivity index (χ1v) is 9.32. The first kappa shape index (κ1) is 20.0. The number of ether oxygens (including phenoxy) is 1. The molecular formula is C16H15F4NO4S. The van der Waals surface area contributed by atoms with Gasteiger partial charge in [0.25, 0.3) is 5.56 Å². The normalized spacial score (nSPS) is 12.2. The number of hydrogen-bond acceptors (Lipinski definition) is 4. The van der Waals surface area contributed by atoms with Crippen molar-refractivity contribution in [1.29, 1.82) is 0 Å². The van der Waals surface area contributed by atoms with Crippen LogP contribution in [0.15, 0.2) is 29.2 Å². The lowest BCUT2D eigenvalue weighted by molar-refractivity contribution is -0.153. The van der Waals surface area contributed by atoms with E-state index in [-0.39, 0.29) is 33.8 Å². The molecule has 0 unspecified atom stereocenters. The fourth-order valence-corrected chi connectivity index (χ4v) is 3.13. The molecule has 0 bridgehead atoms. The Balaban J connectivity index is 2.60. The van der Waals surface area contributed by atoms with Gasteiger partial charge in [0.15, 0.2) is 22.3 Å². The van der Waals surface area contributed by atoms with Crippen LogP contribution < -0.4 is 10.3 Å². The Morgan fingerprint density at radius 2 is 1.85 bits per heavy atom. The van der Waals surface area contributed by atoms with Crippen molar-refractivity contribution in [3.8, 4) is 16.9 Å². The average Bonchev–Trinajstić information content (AvgIpc) is 2.49. The van der Waals surface area contributed by atoms with E-state index in [2.05, 4.69) is 4.98 Å². The van der Waals surface area contributed by atoms with Crippen LogP contribution >= 0.6 is 0 Å². The lowest BCUT2D eigenvalue weighted by Gasteiger charge is -2.16. The molecule has 1 aromatic carbocycles. The van der Waals surface area contributed by atoms with Crippen LogP contribution in [0.4, 0.5) is 17.6 Å². The summed E-state index contributed by atoms with van der Waals surface area (Å²) in [5, 5.41) is 0. The lowest BCUT2D eigenvalue weighted by Crippen LogP contribution is -2.19. The van der Waals surface area contributed by atoms with E-state index in [0.717, 1.165) is 12.5 Å². The van der Waals surface area contributed by atoms with Gasteiger partial charge in [-0.3, -0.25) is 4.79 Å². The summed E-state index contributed by atoms with van der Waals surface area (Å²) in [5.74, 6) is -1.66. The van der Waals surface area contributed by atoms with E-state index in [1.54, 1.807) is 0 Å². The molecule has 1 heterocycles. The van der Waals surface area contributed by atoms with Gasteiger partial charge in [-0.05, 0) is 30.2 Å². The van der Waals surface area contributed by atoms with Crippen molar-refractivity contribution in [1.82, 2.24) is 4.98 Å². The number of aromatic amines is 1. The van der Waals surface area contributed by atoms with Gasteiger partial charge in [-0.2, -0.15) is 13.2 Å². The van der Waals surface area contributed by atoms with Gasteiger partial charge in [0.2, 0.25) is 0 Å². The van der Waals surface area contributed by atoms with Crippen molar-refractivity contribution in [2.75, 3.05) is 12.9 Å². The summed E-state index contributed by atoms with van der Waals surface area (Å²) in [4.78, 5) is 13.5. The monoisotopic (exact) mass is 393 g/mol. The molecule has 0 radical (unpaired) electrons. The van der Waals surface area contributed by atoms with Crippen molar-refractivity contribution in [2.24, 2.45) is 0 Å². The third kappa shape index (κ3) is 5.07. The Labute approximate surface area is 146 Å². The maximum Gasteiger partial charge on any atom is 0.422 e. The van der Waals surface area contributed by atoms with E-state index in [1.807, 2.05) is 0 Å². The van der Waals surface area contributed by atoms with Crippen LogP contribution in [-0.2, 0) is 15.6 Å². The van der Waals surface area contributed by atoms with Gasteiger partial charge in [0.1, 0.15) is 5.75 Å². The predicted octanol–water partition coefficient (Wildman–Crippen LogP) is 2.98. The summed E-state index contributed by atoms with van der Waals surface area (Å²) in [6.45, 7) is -0.285. The Hall–Kier alpha value is -2.36. The van der Waals surface area contributed by atoms with Crippen LogP contribution in [0, 0.1) is 12.7 Å². The van der Waals surface area contributed by atoms with Gasteiger partial charge in [-0.15, -0.1) is 0 Å². The number of rotatable bonds is 5. The molecule has 2 aromatic rings. The van der Waals surface area contributed by atoms with Crippen molar-refractivity contribution in [2.45, 2.75) is 18.9 Å². The molecule has 2 rings (SSSR count). The summed E-state index contributed by atoms with van der Waals surface area (Å²) in [6.07, 6.45) is -2.44. The molecule has 5 nitrogen and oxygen atoms in total. The molecular weight excluding hydrogens is 378 g/mol. The summed E-state index contributed by atoms with van der Waals surface area (Å²) in [7, 11) is -3.40. The molecule has 0 atom stereocenters. The van der Waals surface area contributed by atoms with E-state index in [1.165, 1.54) is 25.1 Å². The Bertz CT molecular complexity index is 981. The van der Waals surface area contributed by atoms with E-state index in [0.29, 0.717) is 0 Å². The number of H-pyrrole nitrogens is 1. The van der Waals surface area contributed by atoms with E-state index >= 15 is 0 Å². The first-order chi connectivity index (χ1) is 11.9. The highest BCUT2D eigenvalue weighted by Crippen LogP contribution is 2.34. The molecule has 1 aromatic heterocycles. The quantitative estimate of drug-likeness (QED) is 0.793. The zero-order valence-corrected chi connectivity index (χ0v) is 14.6. The van der Waals surface area contributed by atoms with Gasteiger partial charge in [0, 0.05) is 23.6 Å². The predicted molar refractivity (Wildman–Crippen MR) is 87.3 cm³/mol. The first-order valence-electron chi connectivity index (χ1n) is 7.26. The lowest BCUT2D eigenvalue weighted by atomic mass is 10.00.